The number of phenolic OH excluding ortho intramolecular Hbond substituents is 1. The summed E-state index contributed by atoms with van der Waals surface area (Å²) in [4.78, 5) is 12.2. The molecule has 1 heterocycles. The molecule has 0 atom stereocenters. The number of aromatic amines is 1. The number of nitrogens with zero attached hydrogens (tertiary/aromatic N) is 1. The Bertz CT molecular complexity index is 772. The molecule has 0 aliphatic heterocycles. The van der Waals surface area contributed by atoms with Crippen molar-refractivity contribution in [3.63, 3.8) is 0 Å². The van der Waals surface area contributed by atoms with E-state index in [9.17, 15) is 9.90 Å². The maximum atomic E-state index is 12.2. The van der Waals surface area contributed by atoms with Gasteiger partial charge in [-0.2, -0.15) is 0 Å². The molecule has 90 valence electrons. The first kappa shape index (κ1) is 10.9. The Morgan fingerprint density at radius 3 is 2.56 bits per heavy atom. The second kappa shape index (κ2) is 3.92. The van der Waals surface area contributed by atoms with Gasteiger partial charge in [0.05, 0.1) is 16.6 Å². The van der Waals surface area contributed by atoms with Crippen LogP contribution in [0.5, 0.6) is 5.75 Å². The molecule has 2 aromatic carbocycles. The van der Waals surface area contributed by atoms with Gasteiger partial charge in [-0.25, -0.2) is 4.68 Å². The van der Waals surface area contributed by atoms with Crippen molar-refractivity contribution in [3.05, 3.63) is 57.8 Å². The summed E-state index contributed by atoms with van der Waals surface area (Å²) < 4.78 is 1.42. The molecule has 0 aliphatic rings. The lowest BCUT2D eigenvalue weighted by Crippen LogP contribution is -2.13. The summed E-state index contributed by atoms with van der Waals surface area (Å²) in [6, 6.07) is 11.4. The van der Waals surface area contributed by atoms with Crippen molar-refractivity contribution in [1.29, 1.82) is 0 Å². The van der Waals surface area contributed by atoms with Crippen LogP contribution in [0.2, 0.25) is 5.02 Å². The average molecular weight is 261 g/mol. The maximum absolute atomic E-state index is 12.2. The number of rotatable bonds is 1. The number of aromatic nitrogens is 2. The van der Waals surface area contributed by atoms with Gasteiger partial charge in [-0.1, -0.05) is 11.6 Å². The van der Waals surface area contributed by atoms with Crippen LogP contribution in [0.4, 0.5) is 0 Å². The first-order chi connectivity index (χ1) is 8.65. The molecule has 5 heteroatoms. The van der Waals surface area contributed by atoms with E-state index in [1.807, 2.05) is 0 Å². The van der Waals surface area contributed by atoms with Gasteiger partial charge in [-0.05, 0) is 42.5 Å². The SMILES string of the molecule is O=c1c2ccc(Cl)cc2[nH]n1-c1ccc(O)cc1. The molecular formula is C13H9ClN2O2. The van der Waals surface area contributed by atoms with Gasteiger partial charge in [0, 0.05) is 5.02 Å². The molecule has 18 heavy (non-hydrogen) atoms. The minimum Gasteiger partial charge on any atom is -0.508 e. The number of H-pyrrole nitrogens is 1. The highest BCUT2D eigenvalue weighted by molar-refractivity contribution is 6.31. The second-order valence-corrected chi connectivity index (χ2v) is 4.40. The van der Waals surface area contributed by atoms with Crippen molar-refractivity contribution in [2.24, 2.45) is 0 Å². The van der Waals surface area contributed by atoms with Gasteiger partial charge in [-0.3, -0.25) is 9.89 Å². The summed E-state index contributed by atoms with van der Waals surface area (Å²) in [6.45, 7) is 0. The molecular weight excluding hydrogens is 252 g/mol. The number of hydrogen-bond acceptors (Lipinski definition) is 2. The highest BCUT2D eigenvalue weighted by atomic mass is 35.5. The molecule has 0 radical (unpaired) electrons. The first-order valence-electron chi connectivity index (χ1n) is 5.35. The fourth-order valence-electron chi connectivity index (χ4n) is 1.87. The number of aromatic hydroxyl groups is 1. The van der Waals surface area contributed by atoms with E-state index >= 15 is 0 Å². The van der Waals surface area contributed by atoms with Crippen LogP contribution >= 0.6 is 11.6 Å². The van der Waals surface area contributed by atoms with Crippen molar-refractivity contribution in [1.82, 2.24) is 9.78 Å². The third kappa shape index (κ3) is 1.67. The molecule has 0 fully saturated rings. The minimum atomic E-state index is -0.146. The Kier molecular flexibility index (Phi) is 2.38. The van der Waals surface area contributed by atoms with E-state index in [1.54, 1.807) is 30.3 Å². The summed E-state index contributed by atoms with van der Waals surface area (Å²) in [6.07, 6.45) is 0. The fraction of sp³-hybridized carbons (Fsp3) is 0. The van der Waals surface area contributed by atoms with Crippen LogP contribution in [-0.2, 0) is 0 Å². The normalized spacial score (nSPS) is 10.9. The minimum absolute atomic E-state index is 0.146. The number of hydrogen-bond donors (Lipinski definition) is 2. The lowest BCUT2D eigenvalue weighted by Gasteiger charge is -2.00. The van der Waals surface area contributed by atoms with Crippen LogP contribution in [0.3, 0.4) is 0 Å². The van der Waals surface area contributed by atoms with E-state index in [0.717, 1.165) is 0 Å². The number of fused-ring (bicyclic) bond motifs is 1. The highest BCUT2D eigenvalue weighted by Gasteiger charge is 2.08. The summed E-state index contributed by atoms with van der Waals surface area (Å²) in [5, 5.41) is 13.4. The molecule has 0 saturated heterocycles. The Morgan fingerprint density at radius 1 is 1.11 bits per heavy atom. The maximum Gasteiger partial charge on any atom is 0.279 e. The van der Waals surface area contributed by atoms with Crippen LogP contribution in [0, 0.1) is 0 Å². The molecule has 0 bridgehead atoms. The molecule has 3 aromatic rings. The third-order valence-electron chi connectivity index (χ3n) is 2.76. The van der Waals surface area contributed by atoms with E-state index in [-0.39, 0.29) is 11.3 Å². The second-order valence-electron chi connectivity index (χ2n) is 3.96. The molecule has 3 rings (SSSR count). The summed E-state index contributed by atoms with van der Waals surface area (Å²) >= 11 is 5.88. The third-order valence-corrected chi connectivity index (χ3v) is 2.99. The Morgan fingerprint density at radius 2 is 1.83 bits per heavy atom. The van der Waals surface area contributed by atoms with Crippen molar-refractivity contribution < 1.29 is 5.11 Å². The Labute approximate surface area is 107 Å². The average Bonchev–Trinajstić information content (AvgIpc) is 2.67. The number of phenols is 1. The van der Waals surface area contributed by atoms with Gasteiger partial charge in [0.2, 0.25) is 0 Å². The summed E-state index contributed by atoms with van der Waals surface area (Å²) in [5.41, 5.74) is 1.19. The summed E-state index contributed by atoms with van der Waals surface area (Å²) in [5.74, 6) is 0.158. The zero-order valence-electron chi connectivity index (χ0n) is 9.22. The van der Waals surface area contributed by atoms with E-state index in [0.29, 0.717) is 21.6 Å². The van der Waals surface area contributed by atoms with Gasteiger partial charge in [-0.15, -0.1) is 0 Å². The van der Waals surface area contributed by atoms with E-state index in [4.69, 9.17) is 11.6 Å². The topological polar surface area (TPSA) is 58.0 Å². The Balaban J connectivity index is 2.27. The quantitative estimate of drug-likeness (QED) is 0.707. The van der Waals surface area contributed by atoms with Crippen molar-refractivity contribution in [3.8, 4) is 11.4 Å². The molecule has 0 spiro atoms. The molecule has 1 aromatic heterocycles. The van der Waals surface area contributed by atoms with Crippen molar-refractivity contribution >= 4 is 22.5 Å². The predicted octanol–water partition coefficient (Wildman–Crippen LogP) is 2.68. The van der Waals surface area contributed by atoms with Gasteiger partial charge in [0.15, 0.2) is 0 Å². The lowest BCUT2D eigenvalue weighted by molar-refractivity contribution is 0.475. The van der Waals surface area contributed by atoms with Gasteiger partial charge < -0.3 is 5.11 Å². The standard InChI is InChI=1S/C13H9ClN2O2/c14-8-1-6-11-12(7-8)15-16(13(11)18)9-2-4-10(17)5-3-9/h1-7,15,17H. The molecule has 0 amide bonds. The Hall–Kier alpha value is -2.20. The number of nitrogens with one attached hydrogen (secondary N) is 1. The molecule has 0 unspecified atom stereocenters. The van der Waals surface area contributed by atoms with E-state index in [2.05, 4.69) is 5.10 Å². The summed E-state index contributed by atoms with van der Waals surface area (Å²) in [7, 11) is 0. The van der Waals surface area contributed by atoms with Crippen molar-refractivity contribution in [2.75, 3.05) is 0 Å². The van der Waals surface area contributed by atoms with Crippen LogP contribution in [-0.4, -0.2) is 14.9 Å². The molecule has 4 nitrogen and oxygen atoms in total. The van der Waals surface area contributed by atoms with Crippen LogP contribution in [0.1, 0.15) is 0 Å². The highest BCUT2D eigenvalue weighted by Crippen LogP contribution is 2.17. The van der Waals surface area contributed by atoms with E-state index < -0.39 is 0 Å². The van der Waals surface area contributed by atoms with E-state index in [1.165, 1.54) is 16.8 Å². The lowest BCUT2D eigenvalue weighted by atomic mass is 10.2. The van der Waals surface area contributed by atoms with Gasteiger partial charge in [0.25, 0.3) is 5.56 Å². The molecule has 0 aliphatic carbocycles. The van der Waals surface area contributed by atoms with Crippen molar-refractivity contribution in [2.45, 2.75) is 0 Å². The molecule has 0 saturated carbocycles. The van der Waals surface area contributed by atoms with Crippen LogP contribution in [0.25, 0.3) is 16.6 Å². The zero-order valence-corrected chi connectivity index (χ0v) is 9.98. The monoisotopic (exact) mass is 260 g/mol. The largest absolute Gasteiger partial charge is 0.508 e. The van der Waals surface area contributed by atoms with Crippen LogP contribution < -0.4 is 5.56 Å². The number of benzene rings is 2. The zero-order chi connectivity index (χ0) is 12.7. The fourth-order valence-corrected chi connectivity index (χ4v) is 2.04. The first-order valence-corrected chi connectivity index (χ1v) is 5.72. The predicted molar refractivity (Wildman–Crippen MR) is 70.6 cm³/mol. The van der Waals surface area contributed by atoms with Gasteiger partial charge >= 0.3 is 0 Å². The number of halogens is 1. The molecule has 2 N–H and O–H groups in total. The van der Waals surface area contributed by atoms with Gasteiger partial charge in [0.1, 0.15) is 5.75 Å². The smallest absolute Gasteiger partial charge is 0.279 e. The van der Waals surface area contributed by atoms with Crippen LogP contribution in [0.15, 0.2) is 47.3 Å².